The molecule has 1 aliphatic rings. The fourth-order valence-electron chi connectivity index (χ4n) is 3.55. The SMILES string of the molecule is COc1ccccc1CN[C@H]1CCCN[C@H]1c1ccccc1CN. The number of hydrogen-bond donors (Lipinski definition) is 3. The maximum atomic E-state index is 5.94. The van der Waals surface area contributed by atoms with E-state index in [4.69, 9.17) is 10.5 Å². The summed E-state index contributed by atoms with van der Waals surface area (Å²) < 4.78 is 5.46. The Labute approximate surface area is 144 Å². The highest BCUT2D eigenvalue weighted by molar-refractivity contribution is 5.34. The van der Waals surface area contributed by atoms with E-state index in [2.05, 4.69) is 47.0 Å². The first-order chi connectivity index (χ1) is 11.8. The van der Waals surface area contributed by atoms with Gasteiger partial charge in [-0.25, -0.2) is 0 Å². The highest BCUT2D eigenvalue weighted by atomic mass is 16.5. The molecule has 0 amide bonds. The van der Waals surface area contributed by atoms with E-state index in [0.717, 1.165) is 25.3 Å². The largest absolute Gasteiger partial charge is 0.496 e. The molecule has 4 heteroatoms. The molecule has 1 heterocycles. The number of benzene rings is 2. The van der Waals surface area contributed by atoms with Gasteiger partial charge in [-0.05, 0) is 36.6 Å². The zero-order valence-corrected chi connectivity index (χ0v) is 14.3. The third-order valence-corrected chi connectivity index (χ3v) is 4.82. The van der Waals surface area contributed by atoms with Crippen LogP contribution in [0.3, 0.4) is 0 Å². The normalized spacial score (nSPS) is 20.8. The number of hydrogen-bond acceptors (Lipinski definition) is 4. The van der Waals surface area contributed by atoms with Gasteiger partial charge < -0.3 is 21.1 Å². The predicted octanol–water partition coefficient (Wildman–Crippen LogP) is 2.74. The van der Waals surface area contributed by atoms with E-state index in [1.54, 1.807) is 7.11 Å². The second-order valence-electron chi connectivity index (χ2n) is 6.28. The Hall–Kier alpha value is -1.88. The maximum absolute atomic E-state index is 5.94. The Morgan fingerprint density at radius 1 is 1.12 bits per heavy atom. The van der Waals surface area contributed by atoms with Crippen LogP contribution >= 0.6 is 0 Å². The summed E-state index contributed by atoms with van der Waals surface area (Å²) in [5, 5.41) is 7.40. The van der Waals surface area contributed by atoms with Crippen LogP contribution in [0.2, 0.25) is 0 Å². The number of nitrogens with one attached hydrogen (secondary N) is 2. The van der Waals surface area contributed by atoms with Gasteiger partial charge in [-0.15, -0.1) is 0 Å². The van der Waals surface area contributed by atoms with Gasteiger partial charge in [0.1, 0.15) is 5.75 Å². The summed E-state index contributed by atoms with van der Waals surface area (Å²) in [5.41, 5.74) is 9.67. The van der Waals surface area contributed by atoms with E-state index in [1.807, 2.05) is 12.1 Å². The van der Waals surface area contributed by atoms with Crippen molar-refractivity contribution in [3.8, 4) is 5.75 Å². The number of ether oxygens (including phenoxy) is 1. The number of piperidine rings is 1. The minimum atomic E-state index is 0.299. The molecule has 2 aromatic carbocycles. The van der Waals surface area contributed by atoms with Crippen LogP contribution in [0.15, 0.2) is 48.5 Å². The van der Waals surface area contributed by atoms with Crippen LogP contribution in [-0.4, -0.2) is 19.7 Å². The molecule has 0 radical (unpaired) electrons. The van der Waals surface area contributed by atoms with Crippen LogP contribution in [0.4, 0.5) is 0 Å². The zero-order valence-electron chi connectivity index (χ0n) is 14.3. The van der Waals surface area contributed by atoms with Crippen LogP contribution in [-0.2, 0) is 13.1 Å². The Morgan fingerprint density at radius 2 is 1.88 bits per heavy atom. The first kappa shape index (κ1) is 17.0. The van der Waals surface area contributed by atoms with Gasteiger partial charge in [-0.3, -0.25) is 0 Å². The molecule has 0 unspecified atom stereocenters. The second kappa shape index (κ2) is 8.29. The number of rotatable bonds is 6. The van der Waals surface area contributed by atoms with Crippen molar-refractivity contribution in [2.75, 3.05) is 13.7 Å². The van der Waals surface area contributed by atoms with Gasteiger partial charge in [-0.2, -0.15) is 0 Å². The van der Waals surface area contributed by atoms with E-state index in [9.17, 15) is 0 Å². The first-order valence-corrected chi connectivity index (χ1v) is 8.70. The van der Waals surface area contributed by atoms with Crippen molar-refractivity contribution in [3.05, 3.63) is 65.2 Å². The summed E-state index contributed by atoms with van der Waals surface area (Å²) in [7, 11) is 1.72. The minimum absolute atomic E-state index is 0.299. The molecule has 2 aromatic rings. The van der Waals surface area contributed by atoms with Gasteiger partial charge in [0, 0.05) is 30.7 Å². The molecule has 4 nitrogen and oxygen atoms in total. The molecule has 0 aliphatic carbocycles. The summed E-state index contributed by atoms with van der Waals surface area (Å²) in [4.78, 5) is 0. The molecule has 0 aromatic heterocycles. The van der Waals surface area contributed by atoms with Crippen molar-refractivity contribution in [1.82, 2.24) is 10.6 Å². The van der Waals surface area contributed by atoms with Crippen molar-refractivity contribution in [2.24, 2.45) is 5.73 Å². The molecule has 24 heavy (non-hydrogen) atoms. The van der Waals surface area contributed by atoms with Crippen molar-refractivity contribution >= 4 is 0 Å². The van der Waals surface area contributed by atoms with E-state index in [-0.39, 0.29) is 0 Å². The zero-order chi connectivity index (χ0) is 16.8. The first-order valence-electron chi connectivity index (χ1n) is 8.70. The Balaban J connectivity index is 1.75. The molecule has 0 spiro atoms. The monoisotopic (exact) mass is 325 g/mol. The molecule has 3 rings (SSSR count). The Morgan fingerprint density at radius 3 is 2.67 bits per heavy atom. The topological polar surface area (TPSA) is 59.3 Å². The lowest BCUT2D eigenvalue weighted by molar-refractivity contribution is 0.301. The van der Waals surface area contributed by atoms with Crippen molar-refractivity contribution < 1.29 is 4.74 Å². The minimum Gasteiger partial charge on any atom is -0.496 e. The smallest absolute Gasteiger partial charge is 0.123 e. The lowest BCUT2D eigenvalue weighted by Crippen LogP contribution is -2.46. The fraction of sp³-hybridized carbons (Fsp3) is 0.400. The molecule has 0 saturated carbocycles. The van der Waals surface area contributed by atoms with E-state index >= 15 is 0 Å². The molecule has 1 aliphatic heterocycles. The predicted molar refractivity (Wildman–Crippen MR) is 97.9 cm³/mol. The van der Waals surface area contributed by atoms with Crippen LogP contribution in [0.1, 0.15) is 35.6 Å². The van der Waals surface area contributed by atoms with Gasteiger partial charge >= 0.3 is 0 Å². The number of methoxy groups -OCH3 is 1. The van der Waals surface area contributed by atoms with Crippen molar-refractivity contribution in [3.63, 3.8) is 0 Å². The van der Waals surface area contributed by atoms with Crippen LogP contribution in [0.25, 0.3) is 0 Å². The van der Waals surface area contributed by atoms with Gasteiger partial charge in [-0.1, -0.05) is 42.5 Å². The van der Waals surface area contributed by atoms with Gasteiger partial charge in [0.2, 0.25) is 0 Å². The third-order valence-electron chi connectivity index (χ3n) is 4.82. The van der Waals surface area contributed by atoms with Crippen LogP contribution in [0.5, 0.6) is 5.75 Å². The van der Waals surface area contributed by atoms with E-state index in [0.29, 0.717) is 18.6 Å². The Kier molecular flexibility index (Phi) is 5.86. The summed E-state index contributed by atoms with van der Waals surface area (Å²) in [6, 6.07) is 17.4. The third kappa shape index (κ3) is 3.78. The average molecular weight is 325 g/mol. The van der Waals surface area contributed by atoms with Gasteiger partial charge in [0.05, 0.1) is 7.11 Å². The average Bonchev–Trinajstić information content (AvgIpc) is 2.66. The standard InChI is InChI=1S/C20H27N3O/c1-24-19-11-5-3-8-16(19)14-23-18-10-6-12-22-20(18)17-9-4-2-7-15(17)13-21/h2-5,7-9,11,18,20,22-23H,6,10,12-14,21H2,1H3/t18-,20-/m0/s1. The van der Waals surface area contributed by atoms with E-state index in [1.165, 1.54) is 23.1 Å². The molecule has 128 valence electrons. The Bertz CT molecular complexity index is 659. The molecular formula is C20H27N3O. The highest BCUT2D eigenvalue weighted by Gasteiger charge is 2.27. The maximum Gasteiger partial charge on any atom is 0.123 e. The molecule has 1 fully saturated rings. The summed E-state index contributed by atoms with van der Waals surface area (Å²) in [6.45, 7) is 2.43. The molecule has 2 atom stereocenters. The molecule has 0 bridgehead atoms. The quantitative estimate of drug-likeness (QED) is 0.764. The molecular weight excluding hydrogens is 298 g/mol. The van der Waals surface area contributed by atoms with Gasteiger partial charge in [0.25, 0.3) is 0 Å². The van der Waals surface area contributed by atoms with Crippen LogP contribution < -0.4 is 21.1 Å². The van der Waals surface area contributed by atoms with Crippen molar-refractivity contribution in [1.29, 1.82) is 0 Å². The van der Waals surface area contributed by atoms with Crippen molar-refractivity contribution in [2.45, 2.75) is 38.0 Å². The summed E-state index contributed by atoms with van der Waals surface area (Å²) in [6.07, 6.45) is 2.34. The molecule has 4 N–H and O–H groups in total. The lowest BCUT2D eigenvalue weighted by Gasteiger charge is -2.35. The van der Waals surface area contributed by atoms with E-state index < -0.39 is 0 Å². The summed E-state index contributed by atoms with van der Waals surface area (Å²) >= 11 is 0. The fourth-order valence-corrected chi connectivity index (χ4v) is 3.55. The number of para-hydroxylation sites is 1. The lowest BCUT2D eigenvalue weighted by atomic mass is 9.89. The molecule has 1 saturated heterocycles. The number of nitrogens with two attached hydrogens (primary N) is 1. The highest BCUT2D eigenvalue weighted by Crippen LogP contribution is 2.27. The van der Waals surface area contributed by atoms with Crippen LogP contribution in [0, 0.1) is 0 Å². The second-order valence-corrected chi connectivity index (χ2v) is 6.28. The summed E-state index contributed by atoms with van der Waals surface area (Å²) in [5.74, 6) is 0.938. The van der Waals surface area contributed by atoms with Gasteiger partial charge in [0.15, 0.2) is 0 Å².